The Kier molecular flexibility index (Phi) is 4.94. The number of aromatic hydroxyl groups is 1. The lowest BCUT2D eigenvalue weighted by Gasteiger charge is -2.08. The molecule has 4 N–H and O–H groups in total. The highest BCUT2D eigenvalue weighted by atomic mass is 16.3. The van der Waals surface area contributed by atoms with E-state index >= 15 is 0 Å². The summed E-state index contributed by atoms with van der Waals surface area (Å²) < 4.78 is 0. The van der Waals surface area contributed by atoms with E-state index < -0.39 is 5.91 Å². The Balaban J connectivity index is 1.39. The van der Waals surface area contributed by atoms with Crippen molar-refractivity contribution in [1.29, 1.82) is 0 Å². The summed E-state index contributed by atoms with van der Waals surface area (Å²) in [6, 6.07) is 12.6. The minimum Gasteiger partial charge on any atom is -0.505 e. The van der Waals surface area contributed by atoms with Crippen LogP contribution in [0.25, 0.3) is 11.0 Å². The number of fused-ring (bicyclic) bond motifs is 1. The van der Waals surface area contributed by atoms with Crippen LogP contribution < -0.4 is 10.6 Å². The van der Waals surface area contributed by atoms with Gasteiger partial charge in [-0.1, -0.05) is 12.1 Å². The molecule has 3 aromatic heterocycles. The monoisotopic (exact) mass is 374 g/mol. The van der Waals surface area contributed by atoms with Gasteiger partial charge < -0.3 is 20.7 Å². The van der Waals surface area contributed by atoms with Gasteiger partial charge in [-0.05, 0) is 41.5 Å². The first-order chi connectivity index (χ1) is 13.7. The second kappa shape index (κ2) is 7.85. The van der Waals surface area contributed by atoms with Crippen LogP contribution in [-0.4, -0.2) is 30.9 Å². The molecular weight excluding hydrogens is 356 g/mol. The van der Waals surface area contributed by atoms with E-state index in [1.165, 1.54) is 12.3 Å². The molecule has 0 saturated carbocycles. The summed E-state index contributed by atoms with van der Waals surface area (Å²) in [5.74, 6) is -0.296. The van der Waals surface area contributed by atoms with Crippen LogP contribution in [0.1, 0.15) is 21.6 Å². The molecule has 3 heterocycles. The number of pyridine rings is 2. The molecule has 28 heavy (non-hydrogen) atoms. The van der Waals surface area contributed by atoms with Crippen molar-refractivity contribution in [2.24, 2.45) is 0 Å². The van der Waals surface area contributed by atoms with Crippen molar-refractivity contribution in [2.45, 2.75) is 13.1 Å². The first-order valence-corrected chi connectivity index (χ1v) is 8.72. The number of nitrogens with one attached hydrogen (secondary N) is 3. The molecule has 0 aliphatic carbocycles. The predicted octanol–water partition coefficient (Wildman–Crippen LogP) is 2.60. The lowest BCUT2D eigenvalue weighted by molar-refractivity contribution is 0.101. The number of imidazole rings is 1. The van der Waals surface area contributed by atoms with Crippen LogP contribution >= 0.6 is 0 Å². The minimum absolute atomic E-state index is 0.0417. The van der Waals surface area contributed by atoms with Crippen molar-refractivity contribution in [3.05, 3.63) is 78.0 Å². The average Bonchev–Trinajstić information content (AvgIpc) is 3.18. The number of nitrogens with zero attached hydrogens (tertiary/aromatic N) is 3. The molecular formula is C20H18N6O2. The molecule has 0 atom stereocenters. The molecule has 4 aromatic rings. The predicted molar refractivity (Wildman–Crippen MR) is 105 cm³/mol. The van der Waals surface area contributed by atoms with Gasteiger partial charge in [0, 0.05) is 25.5 Å². The second-order valence-electron chi connectivity index (χ2n) is 6.19. The van der Waals surface area contributed by atoms with E-state index in [9.17, 15) is 9.90 Å². The van der Waals surface area contributed by atoms with Gasteiger partial charge in [-0.2, -0.15) is 0 Å². The van der Waals surface area contributed by atoms with Gasteiger partial charge in [0.25, 0.3) is 5.91 Å². The molecule has 140 valence electrons. The number of hydrogen-bond acceptors (Lipinski definition) is 6. The summed E-state index contributed by atoms with van der Waals surface area (Å²) in [5.41, 5.74) is 3.98. The van der Waals surface area contributed by atoms with Gasteiger partial charge in [-0.15, -0.1) is 0 Å². The SMILES string of the molecule is O=C(Nc1cc(CNCc2cccc3[nH]cnc23)ccn1)c1ncccc1O. The Morgan fingerprint density at radius 3 is 2.86 bits per heavy atom. The number of rotatable bonds is 6. The molecule has 0 unspecified atom stereocenters. The number of amides is 1. The second-order valence-corrected chi connectivity index (χ2v) is 6.19. The lowest BCUT2D eigenvalue weighted by atomic mass is 10.2. The van der Waals surface area contributed by atoms with Gasteiger partial charge >= 0.3 is 0 Å². The Labute approximate surface area is 160 Å². The zero-order chi connectivity index (χ0) is 19.3. The van der Waals surface area contributed by atoms with Crippen LogP contribution in [0.4, 0.5) is 5.82 Å². The van der Waals surface area contributed by atoms with Gasteiger partial charge in [0.1, 0.15) is 11.6 Å². The lowest BCUT2D eigenvalue weighted by Crippen LogP contribution is -2.16. The molecule has 8 heteroatoms. The molecule has 1 amide bonds. The fourth-order valence-electron chi connectivity index (χ4n) is 2.91. The standard InChI is InChI=1S/C20H18N6O2/c27-16-5-2-7-23-19(16)20(28)26-17-9-13(6-8-22-17)10-21-11-14-3-1-4-15-18(14)25-12-24-15/h1-9,12,21,27H,10-11H2,(H,24,25)(H,22,26,28). The third kappa shape index (κ3) is 3.81. The first kappa shape index (κ1) is 17.6. The van der Waals surface area contributed by atoms with E-state index in [-0.39, 0.29) is 11.4 Å². The number of hydrogen-bond donors (Lipinski definition) is 4. The Hall–Kier alpha value is -3.78. The van der Waals surface area contributed by atoms with Crippen molar-refractivity contribution in [3.63, 3.8) is 0 Å². The quantitative estimate of drug-likeness (QED) is 0.412. The number of benzene rings is 1. The van der Waals surface area contributed by atoms with E-state index in [1.807, 2.05) is 24.3 Å². The fourth-order valence-corrected chi connectivity index (χ4v) is 2.91. The van der Waals surface area contributed by atoms with Crippen molar-refractivity contribution in [1.82, 2.24) is 25.3 Å². The largest absolute Gasteiger partial charge is 0.505 e. The molecule has 1 aromatic carbocycles. The number of aromatic nitrogens is 4. The van der Waals surface area contributed by atoms with Crippen molar-refractivity contribution >= 4 is 22.8 Å². The summed E-state index contributed by atoms with van der Waals surface area (Å²) in [6.45, 7) is 1.26. The van der Waals surface area contributed by atoms with E-state index in [1.54, 1.807) is 24.7 Å². The van der Waals surface area contributed by atoms with Crippen LogP contribution in [0.3, 0.4) is 0 Å². The Morgan fingerprint density at radius 2 is 1.96 bits per heavy atom. The van der Waals surface area contributed by atoms with Crippen LogP contribution in [0.15, 0.2) is 61.2 Å². The first-order valence-electron chi connectivity index (χ1n) is 8.72. The summed E-state index contributed by atoms with van der Waals surface area (Å²) in [4.78, 5) is 27.7. The van der Waals surface area contributed by atoms with Gasteiger partial charge in [-0.3, -0.25) is 4.79 Å². The van der Waals surface area contributed by atoms with Gasteiger partial charge in [0.2, 0.25) is 0 Å². The maximum absolute atomic E-state index is 12.2. The van der Waals surface area contributed by atoms with Crippen molar-refractivity contribution in [3.8, 4) is 5.75 Å². The number of carbonyl (C=O) groups is 1. The normalized spacial score (nSPS) is 10.9. The van der Waals surface area contributed by atoms with E-state index in [4.69, 9.17) is 0 Å². The number of para-hydroxylation sites is 1. The summed E-state index contributed by atoms with van der Waals surface area (Å²) in [7, 11) is 0. The highest BCUT2D eigenvalue weighted by Gasteiger charge is 2.13. The summed E-state index contributed by atoms with van der Waals surface area (Å²) in [6.07, 6.45) is 4.76. The summed E-state index contributed by atoms with van der Waals surface area (Å²) >= 11 is 0. The van der Waals surface area contributed by atoms with Crippen LogP contribution in [0.2, 0.25) is 0 Å². The van der Waals surface area contributed by atoms with E-state index in [0.29, 0.717) is 18.9 Å². The Morgan fingerprint density at radius 1 is 1.04 bits per heavy atom. The van der Waals surface area contributed by atoms with Gasteiger partial charge in [-0.25, -0.2) is 15.0 Å². The molecule has 0 aliphatic rings. The zero-order valence-corrected chi connectivity index (χ0v) is 14.9. The third-order valence-corrected chi connectivity index (χ3v) is 4.25. The topological polar surface area (TPSA) is 116 Å². The van der Waals surface area contributed by atoms with Crippen LogP contribution in [0, 0.1) is 0 Å². The summed E-state index contributed by atoms with van der Waals surface area (Å²) in [5, 5.41) is 15.8. The molecule has 0 radical (unpaired) electrons. The molecule has 8 nitrogen and oxygen atoms in total. The number of H-pyrrole nitrogens is 1. The Bertz CT molecular complexity index is 1120. The van der Waals surface area contributed by atoms with Gasteiger partial charge in [0.05, 0.1) is 17.4 Å². The van der Waals surface area contributed by atoms with Crippen molar-refractivity contribution in [2.75, 3.05) is 5.32 Å². The minimum atomic E-state index is -0.513. The molecule has 4 rings (SSSR count). The van der Waals surface area contributed by atoms with E-state index in [2.05, 4.69) is 30.6 Å². The number of anilines is 1. The third-order valence-electron chi connectivity index (χ3n) is 4.25. The van der Waals surface area contributed by atoms with Crippen molar-refractivity contribution < 1.29 is 9.90 Å². The molecule has 0 saturated heterocycles. The zero-order valence-electron chi connectivity index (χ0n) is 14.9. The highest BCUT2D eigenvalue weighted by molar-refractivity contribution is 6.04. The fraction of sp³-hybridized carbons (Fsp3) is 0.100. The molecule has 0 bridgehead atoms. The maximum Gasteiger partial charge on any atom is 0.279 e. The molecule has 0 spiro atoms. The smallest absolute Gasteiger partial charge is 0.279 e. The molecule has 0 fully saturated rings. The molecule has 0 aliphatic heterocycles. The number of carbonyl (C=O) groups excluding carboxylic acids is 1. The van der Waals surface area contributed by atoms with Crippen LogP contribution in [-0.2, 0) is 13.1 Å². The van der Waals surface area contributed by atoms with E-state index in [0.717, 1.165) is 22.2 Å². The highest BCUT2D eigenvalue weighted by Crippen LogP contribution is 2.16. The van der Waals surface area contributed by atoms with Crippen LogP contribution in [0.5, 0.6) is 5.75 Å². The number of aromatic amines is 1. The van der Waals surface area contributed by atoms with Gasteiger partial charge in [0.15, 0.2) is 5.69 Å². The maximum atomic E-state index is 12.2. The average molecular weight is 374 g/mol.